The second kappa shape index (κ2) is 7.09. The second-order valence-corrected chi connectivity index (χ2v) is 7.25. The van der Waals surface area contributed by atoms with Gasteiger partial charge in [0.15, 0.2) is 0 Å². The molecule has 1 aliphatic rings. The van der Waals surface area contributed by atoms with Gasteiger partial charge in [0, 0.05) is 0 Å². The lowest BCUT2D eigenvalue weighted by Crippen LogP contribution is -2.33. The van der Waals surface area contributed by atoms with Crippen molar-refractivity contribution in [2.45, 2.75) is 32.6 Å². The lowest BCUT2D eigenvalue weighted by molar-refractivity contribution is 0.402. The Morgan fingerprint density at radius 1 is 1.25 bits per heavy atom. The predicted molar refractivity (Wildman–Crippen MR) is 83.4 cm³/mol. The molecule has 1 fully saturated rings. The molecular weight excluding hydrogens is 272 g/mol. The van der Waals surface area contributed by atoms with Crippen molar-refractivity contribution in [1.82, 2.24) is 5.32 Å². The molecule has 0 spiro atoms. The quantitative estimate of drug-likeness (QED) is 0.847. The van der Waals surface area contributed by atoms with Crippen LogP contribution in [0.1, 0.15) is 31.7 Å². The van der Waals surface area contributed by atoms with Gasteiger partial charge in [-0.15, -0.1) is 0 Å². The number of nitrogens with one attached hydrogen (secondary N) is 2. The molecule has 4 nitrogen and oxygen atoms in total. The summed E-state index contributed by atoms with van der Waals surface area (Å²) in [5.41, 5.74) is 1.81. The minimum atomic E-state index is -3.25. The number of benzene rings is 1. The molecule has 1 aromatic rings. The summed E-state index contributed by atoms with van der Waals surface area (Å²) in [7, 11) is -3.25. The van der Waals surface area contributed by atoms with Gasteiger partial charge in [-0.25, -0.2) is 8.42 Å². The number of anilines is 1. The maximum atomic E-state index is 12.3. The maximum Gasteiger partial charge on any atom is 0.233 e. The third kappa shape index (κ3) is 4.49. The molecule has 5 heteroatoms. The number of hydrogen-bond acceptors (Lipinski definition) is 3. The summed E-state index contributed by atoms with van der Waals surface area (Å²) >= 11 is 0. The van der Waals surface area contributed by atoms with E-state index in [1.54, 1.807) is 0 Å². The number of para-hydroxylation sites is 1. The average molecular weight is 296 g/mol. The molecule has 0 atom stereocenters. The normalized spacial score (nSPS) is 17.1. The minimum Gasteiger partial charge on any atom is -0.317 e. The van der Waals surface area contributed by atoms with Crippen LogP contribution < -0.4 is 10.0 Å². The second-order valence-electron chi connectivity index (χ2n) is 5.48. The SMILES string of the molecule is CCCc1ccccc1NS(=O)(=O)CC1CCNCC1. The summed E-state index contributed by atoms with van der Waals surface area (Å²) in [5.74, 6) is 0.502. The standard InChI is InChI=1S/C15H24N2O2S/c1-2-5-14-6-3-4-7-15(14)17-20(18,19)12-13-8-10-16-11-9-13/h3-4,6-7,13,16-17H,2,5,8-12H2,1H3. The van der Waals surface area contributed by atoms with E-state index in [-0.39, 0.29) is 11.7 Å². The van der Waals surface area contributed by atoms with Crippen LogP contribution in [-0.2, 0) is 16.4 Å². The van der Waals surface area contributed by atoms with E-state index >= 15 is 0 Å². The number of rotatable bonds is 6. The van der Waals surface area contributed by atoms with E-state index in [4.69, 9.17) is 0 Å². The zero-order valence-corrected chi connectivity index (χ0v) is 12.9. The van der Waals surface area contributed by atoms with Crippen molar-refractivity contribution in [3.8, 4) is 0 Å². The van der Waals surface area contributed by atoms with Crippen LogP contribution in [0, 0.1) is 5.92 Å². The van der Waals surface area contributed by atoms with Crippen molar-refractivity contribution in [2.24, 2.45) is 5.92 Å². The van der Waals surface area contributed by atoms with E-state index in [9.17, 15) is 8.42 Å². The highest BCUT2D eigenvalue weighted by atomic mass is 32.2. The lowest BCUT2D eigenvalue weighted by atomic mass is 10.0. The first-order valence-electron chi connectivity index (χ1n) is 7.40. The van der Waals surface area contributed by atoms with Gasteiger partial charge in [0.05, 0.1) is 11.4 Å². The minimum absolute atomic E-state index is 0.231. The van der Waals surface area contributed by atoms with Gasteiger partial charge >= 0.3 is 0 Å². The maximum absolute atomic E-state index is 12.3. The summed E-state index contributed by atoms with van der Waals surface area (Å²) in [6, 6.07) is 7.67. The van der Waals surface area contributed by atoms with E-state index in [2.05, 4.69) is 17.0 Å². The van der Waals surface area contributed by atoms with Crippen LogP contribution >= 0.6 is 0 Å². The molecule has 0 unspecified atom stereocenters. The van der Waals surface area contributed by atoms with Gasteiger partial charge < -0.3 is 5.32 Å². The monoisotopic (exact) mass is 296 g/mol. The van der Waals surface area contributed by atoms with Crippen LogP contribution in [0.3, 0.4) is 0 Å². The Labute approximate surface area is 122 Å². The average Bonchev–Trinajstić information content (AvgIpc) is 2.41. The number of piperidine rings is 1. The van der Waals surface area contributed by atoms with Crippen molar-refractivity contribution >= 4 is 15.7 Å². The van der Waals surface area contributed by atoms with Crippen LogP contribution in [0.2, 0.25) is 0 Å². The van der Waals surface area contributed by atoms with E-state index in [0.29, 0.717) is 0 Å². The number of sulfonamides is 1. The molecule has 1 saturated heterocycles. The fourth-order valence-electron chi connectivity index (χ4n) is 2.68. The summed E-state index contributed by atoms with van der Waals surface area (Å²) in [4.78, 5) is 0. The fraction of sp³-hybridized carbons (Fsp3) is 0.600. The molecule has 0 saturated carbocycles. The first-order valence-corrected chi connectivity index (χ1v) is 9.05. The number of aryl methyl sites for hydroxylation is 1. The zero-order chi connectivity index (χ0) is 14.4. The van der Waals surface area contributed by atoms with Crippen LogP contribution in [0.5, 0.6) is 0 Å². The Bertz CT molecular complexity index is 522. The molecule has 1 heterocycles. The Kier molecular flexibility index (Phi) is 5.43. The molecule has 1 aromatic carbocycles. The van der Waals surface area contributed by atoms with Crippen LogP contribution in [0.4, 0.5) is 5.69 Å². The van der Waals surface area contributed by atoms with Gasteiger partial charge in [-0.05, 0) is 49.9 Å². The molecule has 0 radical (unpaired) electrons. The van der Waals surface area contributed by atoms with Gasteiger partial charge in [0.2, 0.25) is 10.0 Å². The molecule has 0 aromatic heterocycles. The highest BCUT2D eigenvalue weighted by Gasteiger charge is 2.21. The van der Waals surface area contributed by atoms with Crippen molar-refractivity contribution in [1.29, 1.82) is 0 Å². The molecule has 1 aliphatic heterocycles. The molecule has 2 rings (SSSR count). The Hall–Kier alpha value is -1.07. The largest absolute Gasteiger partial charge is 0.317 e. The van der Waals surface area contributed by atoms with Crippen LogP contribution in [0.25, 0.3) is 0 Å². The van der Waals surface area contributed by atoms with Crippen LogP contribution in [0.15, 0.2) is 24.3 Å². The molecule has 20 heavy (non-hydrogen) atoms. The van der Waals surface area contributed by atoms with Gasteiger partial charge in [0.25, 0.3) is 0 Å². The summed E-state index contributed by atoms with van der Waals surface area (Å²) in [6.45, 7) is 3.94. The van der Waals surface area contributed by atoms with Crippen molar-refractivity contribution in [3.63, 3.8) is 0 Å². The highest BCUT2D eigenvalue weighted by Crippen LogP contribution is 2.20. The van der Waals surface area contributed by atoms with Crippen molar-refractivity contribution in [2.75, 3.05) is 23.6 Å². The summed E-state index contributed by atoms with van der Waals surface area (Å²) in [6.07, 6.45) is 3.79. The topological polar surface area (TPSA) is 58.2 Å². The summed E-state index contributed by atoms with van der Waals surface area (Å²) < 4.78 is 27.4. The van der Waals surface area contributed by atoms with Gasteiger partial charge in [0.1, 0.15) is 0 Å². The van der Waals surface area contributed by atoms with Crippen molar-refractivity contribution < 1.29 is 8.42 Å². The van der Waals surface area contributed by atoms with Gasteiger partial charge in [-0.3, -0.25) is 4.72 Å². The third-order valence-electron chi connectivity index (χ3n) is 3.72. The Balaban J connectivity index is 2.03. The smallest absolute Gasteiger partial charge is 0.233 e. The Morgan fingerprint density at radius 3 is 2.65 bits per heavy atom. The van der Waals surface area contributed by atoms with E-state index < -0.39 is 10.0 Å². The van der Waals surface area contributed by atoms with Gasteiger partial charge in [-0.2, -0.15) is 0 Å². The van der Waals surface area contributed by atoms with Crippen molar-refractivity contribution in [3.05, 3.63) is 29.8 Å². The number of hydrogen-bond donors (Lipinski definition) is 2. The Morgan fingerprint density at radius 2 is 1.95 bits per heavy atom. The molecular formula is C15H24N2O2S. The molecule has 0 aliphatic carbocycles. The zero-order valence-electron chi connectivity index (χ0n) is 12.1. The third-order valence-corrected chi connectivity index (χ3v) is 5.16. The first kappa shape index (κ1) is 15.3. The predicted octanol–water partition coefficient (Wildman–Crippen LogP) is 2.38. The summed E-state index contributed by atoms with van der Waals surface area (Å²) in [5, 5.41) is 3.26. The van der Waals surface area contributed by atoms with Crippen LogP contribution in [-0.4, -0.2) is 27.3 Å². The molecule has 112 valence electrons. The first-order chi connectivity index (χ1) is 9.61. The molecule has 0 bridgehead atoms. The lowest BCUT2D eigenvalue weighted by Gasteiger charge is -2.23. The highest BCUT2D eigenvalue weighted by molar-refractivity contribution is 7.92. The fourth-order valence-corrected chi connectivity index (χ4v) is 4.25. The molecule has 0 amide bonds. The van der Waals surface area contributed by atoms with E-state index in [0.717, 1.165) is 50.0 Å². The van der Waals surface area contributed by atoms with E-state index in [1.807, 2.05) is 24.3 Å². The van der Waals surface area contributed by atoms with E-state index in [1.165, 1.54) is 0 Å². The molecule has 2 N–H and O–H groups in total. The van der Waals surface area contributed by atoms with Gasteiger partial charge in [-0.1, -0.05) is 31.5 Å².